The van der Waals surface area contributed by atoms with Crippen molar-refractivity contribution in [3.63, 3.8) is 0 Å². The molecule has 0 bridgehead atoms. The Labute approximate surface area is 127 Å². The highest BCUT2D eigenvalue weighted by Crippen LogP contribution is 2.29. The van der Waals surface area contributed by atoms with Gasteiger partial charge in [-0.2, -0.15) is 0 Å². The molecule has 4 heteroatoms. The molecule has 106 valence electrons. The zero-order valence-corrected chi connectivity index (χ0v) is 13.2. The van der Waals surface area contributed by atoms with Crippen LogP contribution in [0.4, 0.5) is 10.1 Å². The van der Waals surface area contributed by atoms with E-state index in [-0.39, 0.29) is 5.82 Å². The standard InChI is InChI=1S/C16H18BrFN2/c1-11-4-3-5-12(8-11)10-20(2)14-7-6-13(9-19)15(17)16(14)18/h3-8H,9-10,19H2,1-2H3. The van der Waals surface area contributed by atoms with E-state index in [4.69, 9.17) is 5.73 Å². The van der Waals surface area contributed by atoms with Gasteiger partial charge >= 0.3 is 0 Å². The van der Waals surface area contributed by atoms with Crippen LogP contribution in [0.2, 0.25) is 0 Å². The Morgan fingerprint density at radius 1 is 1.25 bits per heavy atom. The number of anilines is 1. The first-order valence-corrected chi connectivity index (χ1v) is 7.26. The number of nitrogens with two attached hydrogens (primary N) is 1. The van der Waals surface area contributed by atoms with Gasteiger partial charge in [-0.15, -0.1) is 0 Å². The second-order valence-electron chi connectivity index (χ2n) is 4.92. The van der Waals surface area contributed by atoms with Gasteiger partial charge in [0, 0.05) is 20.1 Å². The van der Waals surface area contributed by atoms with Gasteiger partial charge in [0.2, 0.25) is 0 Å². The third kappa shape index (κ3) is 3.19. The van der Waals surface area contributed by atoms with Crippen LogP contribution < -0.4 is 10.6 Å². The van der Waals surface area contributed by atoms with Gasteiger partial charge in [0.25, 0.3) is 0 Å². The van der Waals surface area contributed by atoms with Gasteiger partial charge in [-0.3, -0.25) is 0 Å². The first-order valence-electron chi connectivity index (χ1n) is 6.46. The van der Waals surface area contributed by atoms with E-state index in [2.05, 4.69) is 35.0 Å². The number of halogens is 2. The average molecular weight is 337 g/mol. The van der Waals surface area contributed by atoms with Crippen molar-refractivity contribution in [2.24, 2.45) is 5.73 Å². The summed E-state index contributed by atoms with van der Waals surface area (Å²) in [5, 5.41) is 0. The number of benzene rings is 2. The summed E-state index contributed by atoms with van der Waals surface area (Å²) < 4.78 is 14.8. The molecule has 0 aromatic heterocycles. The van der Waals surface area contributed by atoms with E-state index in [0.717, 1.165) is 11.1 Å². The first kappa shape index (κ1) is 15.0. The summed E-state index contributed by atoms with van der Waals surface area (Å²) in [5.41, 5.74) is 9.28. The Hall–Kier alpha value is -1.39. The fourth-order valence-corrected chi connectivity index (χ4v) is 2.70. The van der Waals surface area contributed by atoms with Crippen molar-refractivity contribution in [2.75, 3.05) is 11.9 Å². The van der Waals surface area contributed by atoms with Gasteiger partial charge in [-0.1, -0.05) is 35.9 Å². The van der Waals surface area contributed by atoms with Crippen molar-refractivity contribution >= 4 is 21.6 Å². The molecule has 2 aromatic rings. The molecule has 0 saturated carbocycles. The molecule has 0 aliphatic rings. The van der Waals surface area contributed by atoms with Crippen LogP contribution in [0, 0.1) is 12.7 Å². The summed E-state index contributed by atoms with van der Waals surface area (Å²) in [6, 6.07) is 11.9. The lowest BCUT2D eigenvalue weighted by atomic mass is 10.1. The van der Waals surface area contributed by atoms with Crippen LogP contribution in [0.15, 0.2) is 40.9 Å². The highest BCUT2D eigenvalue weighted by atomic mass is 79.9. The van der Waals surface area contributed by atoms with Gasteiger partial charge in [0.1, 0.15) is 0 Å². The van der Waals surface area contributed by atoms with Crippen molar-refractivity contribution in [3.05, 3.63) is 63.4 Å². The molecule has 2 aromatic carbocycles. The Kier molecular flexibility index (Phi) is 4.78. The molecule has 0 amide bonds. The van der Waals surface area contributed by atoms with E-state index < -0.39 is 0 Å². The summed E-state index contributed by atoms with van der Waals surface area (Å²) in [7, 11) is 1.88. The second-order valence-corrected chi connectivity index (χ2v) is 5.71. The lowest BCUT2D eigenvalue weighted by Crippen LogP contribution is -2.18. The quantitative estimate of drug-likeness (QED) is 0.914. The number of rotatable bonds is 4. The monoisotopic (exact) mass is 336 g/mol. The Balaban J connectivity index is 2.25. The van der Waals surface area contributed by atoms with Crippen LogP contribution in [-0.4, -0.2) is 7.05 Å². The smallest absolute Gasteiger partial charge is 0.160 e. The summed E-state index contributed by atoms with van der Waals surface area (Å²) in [4.78, 5) is 1.90. The SMILES string of the molecule is Cc1cccc(CN(C)c2ccc(CN)c(Br)c2F)c1. The fraction of sp³-hybridized carbons (Fsp3) is 0.250. The predicted molar refractivity (Wildman–Crippen MR) is 85.3 cm³/mol. The molecule has 0 unspecified atom stereocenters. The minimum atomic E-state index is -0.261. The maximum absolute atomic E-state index is 14.3. The zero-order chi connectivity index (χ0) is 14.7. The maximum Gasteiger partial charge on any atom is 0.160 e. The summed E-state index contributed by atoms with van der Waals surface area (Å²) in [6.07, 6.45) is 0. The van der Waals surface area contributed by atoms with E-state index >= 15 is 0 Å². The molecular weight excluding hydrogens is 319 g/mol. The van der Waals surface area contributed by atoms with Crippen molar-refractivity contribution in [3.8, 4) is 0 Å². The molecular formula is C16H18BrFN2. The van der Waals surface area contributed by atoms with Gasteiger partial charge < -0.3 is 10.6 Å². The topological polar surface area (TPSA) is 29.3 Å². The number of aryl methyl sites for hydroxylation is 1. The van der Waals surface area contributed by atoms with E-state index in [1.165, 1.54) is 5.56 Å². The van der Waals surface area contributed by atoms with E-state index in [1.807, 2.05) is 30.1 Å². The van der Waals surface area contributed by atoms with Crippen molar-refractivity contribution in [1.29, 1.82) is 0 Å². The highest BCUT2D eigenvalue weighted by molar-refractivity contribution is 9.10. The highest BCUT2D eigenvalue weighted by Gasteiger charge is 2.13. The maximum atomic E-state index is 14.3. The average Bonchev–Trinajstić information content (AvgIpc) is 2.41. The van der Waals surface area contributed by atoms with Crippen molar-refractivity contribution < 1.29 is 4.39 Å². The van der Waals surface area contributed by atoms with E-state index in [1.54, 1.807) is 6.07 Å². The summed E-state index contributed by atoms with van der Waals surface area (Å²) >= 11 is 3.27. The Morgan fingerprint density at radius 3 is 2.65 bits per heavy atom. The number of hydrogen-bond donors (Lipinski definition) is 1. The molecule has 0 radical (unpaired) electrons. The van der Waals surface area contributed by atoms with Crippen LogP contribution >= 0.6 is 15.9 Å². The Bertz CT molecular complexity index is 613. The molecule has 2 N–H and O–H groups in total. The van der Waals surface area contributed by atoms with Crippen LogP contribution in [0.5, 0.6) is 0 Å². The molecule has 2 rings (SSSR count). The molecule has 2 nitrogen and oxygen atoms in total. The lowest BCUT2D eigenvalue weighted by molar-refractivity contribution is 0.613. The largest absolute Gasteiger partial charge is 0.368 e. The Morgan fingerprint density at radius 2 is 2.00 bits per heavy atom. The van der Waals surface area contributed by atoms with Gasteiger partial charge in [0.05, 0.1) is 10.2 Å². The van der Waals surface area contributed by atoms with Gasteiger partial charge in [-0.05, 0) is 40.0 Å². The van der Waals surface area contributed by atoms with Crippen molar-refractivity contribution in [2.45, 2.75) is 20.0 Å². The third-order valence-corrected chi connectivity index (χ3v) is 4.13. The summed E-state index contributed by atoms with van der Waals surface area (Å²) in [5.74, 6) is -0.261. The zero-order valence-electron chi connectivity index (χ0n) is 11.7. The number of hydrogen-bond acceptors (Lipinski definition) is 2. The molecule has 0 spiro atoms. The van der Waals surface area contributed by atoms with Gasteiger partial charge in [-0.25, -0.2) is 4.39 Å². The molecule has 0 aliphatic carbocycles. The molecule has 20 heavy (non-hydrogen) atoms. The van der Waals surface area contributed by atoms with Crippen LogP contribution in [-0.2, 0) is 13.1 Å². The second kappa shape index (κ2) is 6.37. The molecule has 0 atom stereocenters. The van der Waals surface area contributed by atoms with Crippen molar-refractivity contribution in [1.82, 2.24) is 0 Å². The molecule has 0 heterocycles. The first-order chi connectivity index (χ1) is 9.52. The molecule has 0 fully saturated rings. The van der Waals surface area contributed by atoms with Gasteiger partial charge in [0.15, 0.2) is 5.82 Å². The minimum absolute atomic E-state index is 0.261. The lowest BCUT2D eigenvalue weighted by Gasteiger charge is -2.21. The fourth-order valence-electron chi connectivity index (χ4n) is 2.20. The van der Waals surface area contributed by atoms with Crippen LogP contribution in [0.3, 0.4) is 0 Å². The third-order valence-electron chi connectivity index (χ3n) is 3.28. The van der Waals surface area contributed by atoms with Crippen LogP contribution in [0.25, 0.3) is 0 Å². The van der Waals surface area contributed by atoms with Crippen LogP contribution in [0.1, 0.15) is 16.7 Å². The van der Waals surface area contributed by atoms with E-state index in [9.17, 15) is 4.39 Å². The normalized spacial score (nSPS) is 10.7. The summed E-state index contributed by atoms with van der Waals surface area (Å²) in [6.45, 7) is 3.03. The molecule has 0 aliphatic heterocycles. The van der Waals surface area contributed by atoms with E-state index in [0.29, 0.717) is 23.2 Å². The predicted octanol–water partition coefficient (Wildman–Crippen LogP) is 3.99. The minimum Gasteiger partial charge on any atom is -0.368 e. The number of nitrogens with zero attached hydrogens (tertiary/aromatic N) is 1. The molecule has 0 saturated heterocycles.